The number of nitrogens with two attached hydrogens (primary N) is 1. The maximum Gasteiger partial charge on any atom is 0.146 e. The fraction of sp³-hybridized carbons (Fsp3) is 0.600. The summed E-state index contributed by atoms with van der Waals surface area (Å²) in [4.78, 5) is 4.87. The first kappa shape index (κ1) is 18.3. The summed E-state index contributed by atoms with van der Waals surface area (Å²) in [5, 5.41) is 8.89. The third kappa shape index (κ3) is 3.80. The highest BCUT2D eigenvalue weighted by Crippen LogP contribution is 2.34. The maximum absolute atomic E-state index is 5.92. The van der Waals surface area contributed by atoms with Crippen LogP contribution in [0.5, 0.6) is 5.75 Å². The molecule has 1 aliphatic heterocycles. The molecule has 4 rings (SSSR count). The van der Waals surface area contributed by atoms with E-state index in [1.807, 2.05) is 13.0 Å². The minimum Gasteiger partial charge on any atom is -0.492 e. The van der Waals surface area contributed by atoms with Gasteiger partial charge in [0.1, 0.15) is 17.4 Å². The lowest BCUT2D eigenvalue weighted by Gasteiger charge is -2.36. The molecule has 1 aliphatic carbocycles. The van der Waals surface area contributed by atoms with Gasteiger partial charge in [-0.25, -0.2) is 0 Å². The molecule has 2 N–H and O–H groups in total. The third-order valence-electron chi connectivity index (χ3n) is 5.78. The number of piperazine rings is 1. The Labute approximate surface area is 161 Å². The van der Waals surface area contributed by atoms with E-state index in [1.165, 1.54) is 5.69 Å². The van der Waals surface area contributed by atoms with Crippen LogP contribution in [0.4, 0.5) is 5.69 Å². The van der Waals surface area contributed by atoms with E-state index in [4.69, 9.17) is 10.5 Å². The first-order chi connectivity index (χ1) is 13.2. The van der Waals surface area contributed by atoms with E-state index in [2.05, 4.69) is 49.8 Å². The maximum atomic E-state index is 5.92. The fourth-order valence-electron chi connectivity index (χ4n) is 4.08. The first-order valence-electron chi connectivity index (χ1n) is 9.98. The molecule has 0 radical (unpaired) electrons. The van der Waals surface area contributed by atoms with Crippen molar-refractivity contribution in [2.24, 2.45) is 12.8 Å². The molecule has 0 amide bonds. The van der Waals surface area contributed by atoms with Gasteiger partial charge >= 0.3 is 0 Å². The normalized spacial score (nSPS) is 23.3. The molecule has 0 spiro atoms. The van der Waals surface area contributed by atoms with Crippen molar-refractivity contribution < 1.29 is 4.74 Å². The van der Waals surface area contributed by atoms with Gasteiger partial charge in [-0.1, -0.05) is 12.1 Å². The quantitative estimate of drug-likeness (QED) is 0.835. The highest BCUT2D eigenvalue weighted by atomic mass is 16.5. The number of benzene rings is 1. The molecule has 2 aliphatic rings. The summed E-state index contributed by atoms with van der Waals surface area (Å²) in [5.74, 6) is 3.60. The molecule has 0 bridgehead atoms. The van der Waals surface area contributed by atoms with Crippen molar-refractivity contribution in [1.29, 1.82) is 0 Å². The van der Waals surface area contributed by atoms with E-state index < -0.39 is 0 Å². The van der Waals surface area contributed by atoms with Crippen LogP contribution < -0.4 is 15.4 Å². The van der Waals surface area contributed by atoms with E-state index in [0.717, 1.165) is 63.0 Å². The van der Waals surface area contributed by atoms with Gasteiger partial charge in [0.25, 0.3) is 0 Å². The molecule has 7 nitrogen and oxygen atoms in total. The Kier molecular flexibility index (Phi) is 5.31. The molecule has 1 aromatic carbocycles. The topological polar surface area (TPSA) is 72.4 Å². The van der Waals surface area contributed by atoms with Crippen molar-refractivity contribution >= 4 is 5.69 Å². The Morgan fingerprint density at radius 3 is 2.56 bits per heavy atom. The summed E-state index contributed by atoms with van der Waals surface area (Å²) in [7, 11) is 2.09. The first-order valence-corrected chi connectivity index (χ1v) is 9.98. The molecular formula is C20H30N6O. The summed E-state index contributed by atoms with van der Waals surface area (Å²) in [6.07, 6.45) is 2.06. The minimum absolute atomic E-state index is 0.336. The number of hydrogen-bond donors (Lipinski definition) is 1. The summed E-state index contributed by atoms with van der Waals surface area (Å²) < 4.78 is 7.97. The van der Waals surface area contributed by atoms with Gasteiger partial charge in [-0.15, -0.1) is 10.2 Å². The smallest absolute Gasteiger partial charge is 0.146 e. The minimum atomic E-state index is 0.336. The number of anilines is 1. The van der Waals surface area contributed by atoms with E-state index >= 15 is 0 Å². The average molecular weight is 371 g/mol. The molecule has 1 aromatic heterocycles. The standard InChI is InChI=1S/C20H30N6O/c1-3-27-18-7-5-4-6-17(18)26-10-8-25(9-11-26)14-19-22-23-20(24(19)2)15-12-16(21)13-15/h4-7,15-16H,3,8-14,21H2,1-2H3. The molecule has 2 aromatic rings. The Balaban J connectivity index is 1.35. The number of aromatic nitrogens is 3. The van der Waals surface area contributed by atoms with Crippen molar-refractivity contribution in [2.75, 3.05) is 37.7 Å². The lowest BCUT2D eigenvalue weighted by Crippen LogP contribution is -2.46. The van der Waals surface area contributed by atoms with Crippen LogP contribution in [0.25, 0.3) is 0 Å². The molecule has 1 saturated carbocycles. The average Bonchev–Trinajstić information content (AvgIpc) is 3.01. The Hall–Kier alpha value is -2.12. The predicted molar refractivity (Wildman–Crippen MR) is 106 cm³/mol. The molecule has 146 valence electrons. The van der Waals surface area contributed by atoms with Crippen LogP contribution in [-0.2, 0) is 13.6 Å². The zero-order valence-electron chi connectivity index (χ0n) is 16.3. The third-order valence-corrected chi connectivity index (χ3v) is 5.78. The number of para-hydroxylation sites is 2. The van der Waals surface area contributed by atoms with Crippen LogP contribution >= 0.6 is 0 Å². The van der Waals surface area contributed by atoms with Crippen molar-refractivity contribution in [3.05, 3.63) is 35.9 Å². The van der Waals surface area contributed by atoms with Gasteiger partial charge in [-0.2, -0.15) is 0 Å². The van der Waals surface area contributed by atoms with Crippen molar-refractivity contribution in [3.63, 3.8) is 0 Å². The van der Waals surface area contributed by atoms with E-state index in [-0.39, 0.29) is 0 Å². The lowest BCUT2D eigenvalue weighted by atomic mass is 9.80. The molecule has 2 fully saturated rings. The van der Waals surface area contributed by atoms with Crippen LogP contribution in [-0.4, -0.2) is 58.5 Å². The van der Waals surface area contributed by atoms with Gasteiger partial charge in [-0.05, 0) is 31.9 Å². The molecule has 0 unspecified atom stereocenters. The van der Waals surface area contributed by atoms with Gasteiger partial charge in [-0.3, -0.25) is 4.90 Å². The molecular weight excluding hydrogens is 340 g/mol. The zero-order chi connectivity index (χ0) is 18.8. The molecule has 7 heteroatoms. The molecule has 0 atom stereocenters. The Morgan fingerprint density at radius 1 is 1.11 bits per heavy atom. The summed E-state index contributed by atoms with van der Waals surface area (Å²) >= 11 is 0. The number of ether oxygens (including phenoxy) is 1. The van der Waals surface area contributed by atoms with Gasteiger partial charge in [0, 0.05) is 45.2 Å². The second-order valence-corrected chi connectivity index (χ2v) is 7.63. The summed E-state index contributed by atoms with van der Waals surface area (Å²) in [5.41, 5.74) is 7.12. The zero-order valence-corrected chi connectivity index (χ0v) is 16.3. The number of nitrogens with zero attached hydrogens (tertiary/aromatic N) is 5. The van der Waals surface area contributed by atoms with E-state index in [0.29, 0.717) is 18.6 Å². The van der Waals surface area contributed by atoms with Gasteiger partial charge in [0.05, 0.1) is 18.8 Å². The van der Waals surface area contributed by atoms with Crippen LogP contribution in [0, 0.1) is 0 Å². The van der Waals surface area contributed by atoms with Crippen LogP contribution in [0.1, 0.15) is 37.3 Å². The second-order valence-electron chi connectivity index (χ2n) is 7.63. The van der Waals surface area contributed by atoms with E-state index in [1.54, 1.807) is 0 Å². The number of rotatable bonds is 6. The van der Waals surface area contributed by atoms with Crippen LogP contribution in [0.15, 0.2) is 24.3 Å². The van der Waals surface area contributed by atoms with Crippen molar-refractivity contribution in [3.8, 4) is 5.75 Å². The summed E-state index contributed by atoms with van der Waals surface area (Å²) in [6.45, 7) is 7.58. The Morgan fingerprint density at radius 2 is 1.85 bits per heavy atom. The fourth-order valence-corrected chi connectivity index (χ4v) is 4.08. The largest absolute Gasteiger partial charge is 0.492 e. The monoisotopic (exact) mass is 370 g/mol. The van der Waals surface area contributed by atoms with Crippen LogP contribution in [0.3, 0.4) is 0 Å². The molecule has 1 saturated heterocycles. The van der Waals surface area contributed by atoms with Crippen molar-refractivity contribution in [1.82, 2.24) is 19.7 Å². The van der Waals surface area contributed by atoms with Crippen molar-refractivity contribution in [2.45, 2.75) is 38.3 Å². The van der Waals surface area contributed by atoms with E-state index in [9.17, 15) is 0 Å². The van der Waals surface area contributed by atoms with Gasteiger partial charge in [0.2, 0.25) is 0 Å². The predicted octanol–water partition coefficient (Wildman–Crippen LogP) is 1.74. The molecule has 27 heavy (non-hydrogen) atoms. The SMILES string of the molecule is CCOc1ccccc1N1CCN(Cc2nnc(C3CC(N)C3)n2C)CC1. The lowest BCUT2D eigenvalue weighted by molar-refractivity contribution is 0.239. The van der Waals surface area contributed by atoms with Gasteiger partial charge < -0.3 is 19.9 Å². The second kappa shape index (κ2) is 7.86. The van der Waals surface area contributed by atoms with Gasteiger partial charge in [0.15, 0.2) is 0 Å². The highest BCUT2D eigenvalue weighted by molar-refractivity contribution is 5.58. The van der Waals surface area contributed by atoms with Crippen LogP contribution in [0.2, 0.25) is 0 Å². The molecule has 2 heterocycles. The summed E-state index contributed by atoms with van der Waals surface area (Å²) in [6, 6.07) is 8.66. The number of hydrogen-bond acceptors (Lipinski definition) is 6. The Bertz CT molecular complexity index is 762. The highest BCUT2D eigenvalue weighted by Gasteiger charge is 2.31.